The van der Waals surface area contributed by atoms with E-state index in [1.165, 1.54) is 0 Å². The zero-order valence-corrected chi connectivity index (χ0v) is 17.2. The molecule has 0 rings (SSSR count). The van der Waals surface area contributed by atoms with Gasteiger partial charge in [-0.15, -0.1) is 31.9 Å². The Morgan fingerprint density at radius 3 is 1.88 bits per heavy atom. The zero-order chi connectivity index (χ0) is 18.8. The normalized spacial score (nSPS) is 9.35. The van der Waals surface area contributed by atoms with Gasteiger partial charge in [0, 0.05) is 5.57 Å². The van der Waals surface area contributed by atoms with Crippen molar-refractivity contribution in [1.29, 1.82) is 0 Å². The van der Waals surface area contributed by atoms with Crippen LogP contribution in [-0.4, -0.2) is 41.9 Å². The Labute approximate surface area is 169 Å². The van der Waals surface area contributed by atoms with Crippen molar-refractivity contribution in [3.8, 4) is 0 Å². The summed E-state index contributed by atoms with van der Waals surface area (Å²) in [4.78, 5) is 0. The molecule has 0 aromatic carbocycles. The summed E-state index contributed by atoms with van der Waals surface area (Å²) >= 11 is 0. The second-order valence-corrected chi connectivity index (χ2v) is 4.90. The van der Waals surface area contributed by atoms with E-state index in [2.05, 4.69) is 54.5 Å². The third-order valence-corrected chi connectivity index (χ3v) is 2.64. The van der Waals surface area contributed by atoms with Crippen LogP contribution in [0.4, 0.5) is 0 Å². The smallest absolute Gasteiger partial charge is 0.658 e. The van der Waals surface area contributed by atoms with E-state index in [-0.39, 0.29) is 28.3 Å². The summed E-state index contributed by atoms with van der Waals surface area (Å²) in [5, 5.41) is 26.5. The Morgan fingerprint density at radius 1 is 1.04 bits per heavy atom. The Bertz CT molecular complexity index is 533. The fraction of sp³-hybridized carbons (Fsp3) is 0.450. The summed E-state index contributed by atoms with van der Waals surface area (Å²) in [6.07, 6.45) is 3.70. The molecule has 0 amide bonds. The molecule has 0 heterocycles. The molecular formula is C20H32FeN2O3. The van der Waals surface area contributed by atoms with Gasteiger partial charge in [0.05, 0.1) is 5.76 Å². The molecule has 5 nitrogen and oxygen atoms in total. The van der Waals surface area contributed by atoms with Crippen LogP contribution in [0.1, 0.15) is 33.6 Å². The second kappa shape index (κ2) is 23.3. The van der Waals surface area contributed by atoms with E-state index in [1.54, 1.807) is 13.0 Å². The van der Waals surface area contributed by atoms with E-state index in [1.807, 2.05) is 6.92 Å². The minimum atomic E-state index is -0.00833. The molecule has 148 valence electrons. The van der Waals surface area contributed by atoms with Gasteiger partial charge in [-0.25, -0.2) is 0 Å². The number of hydrogen-bond acceptors (Lipinski definition) is 2. The van der Waals surface area contributed by atoms with Gasteiger partial charge in [-0.1, -0.05) is 51.3 Å². The van der Waals surface area contributed by atoms with E-state index in [9.17, 15) is 0 Å². The van der Waals surface area contributed by atoms with Gasteiger partial charge in [-0.05, 0) is 25.2 Å². The third kappa shape index (κ3) is 20.3. The summed E-state index contributed by atoms with van der Waals surface area (Å²) in [6, 6.07) is 0. The van der Waals surface area contributed by atoms with Crippen molar-refractivity contribution >= 4 is 0 Å². The Balaban J connectivity index is -0.000000173. The quantitative estimate of drug-likeness (QED) is 0.179. The molecule has 0 aromatic heterocycles. The minimum Gasteiger partial charge on any atom is -0.658 e. The molecule has 0 bridgehead atoms. The van der Waals surface area contributed by atoms with E-state index < -0.39 is 0 Å². The molecule has 0 aromatic rings. The van der Waals surface area contributed by atoms with Crippen LogP contribution in [-0.2, 0) is 17.1 Å². The first-order valence-corrected chi connectivity index (χ1v) is 7.97. The first kappa shape index (κ1) is 32.0. The molecule has 0 aliphatic carbocycles. The second-order valence-electron chi connectivity index (χ2n) is 4.90. The Hall–Kier alpha value is -1.70. The molecule has 0 aliphatic rings. The minimum absolute atomic E-state index is 0. The van der Waals surface area contributed by atoms with Crippen molar-refractivity contribution in [2.45, 2.75) is 33.6 Å². The molecule has 0 atom stereocenters. The average Bonchev–Trinajstić information content (AvgIpc) is 2.54. The van der Waals surface area contributed by atoms with Crippen LogP contribution < -0.4 is 0 Å². The summed E-state index contributed by atoms with van der Waals surface area (Å²) in [7, 11) is 0. The first-order chi connectivity index (χ1) is 11.4. The van der Waals surface area contributed by atoms with Crippen molar-refractivity contribution in [3.63, 3.8) is 0 Å². The number of allylic oxidation sites excluding steroid dienone is 1. The summed E-state index contributed by atoms with van der Waals surface area (Å²) in [6.45, 7) is 18.6. The van der Waals surface area contributed by atoms with Gasteiger partial charge in [0.2, 0.25) is 0 Å². The van der Waals surface area contributed by atoms with Gasteiger partial charge < -0.3 is 26.3 Å². The molecule has 0 spiro atoms. The number of aliphatic hydroxyl groups excluding tert-OH is 2. The van der Waals surface area contributed by atoms with E-state index in [4.69, 9.17) is 10.2 Å². The molecule has 0 saturated heterocycles. The number of hydrogen-bond donors (Lipinski definition) is 2. The molecule has 0 aliphatic heterocycles. The number of nitrogens with zero attached hydrogens (tertiary/aromatic N) is 2. The van der Waals surface area contributed by atoms with Crippen molar-refractivity contribution < 1.29 is 32.8 Å². The predicted molar refractivity (Wildman–Crippen MR) is 107 cm³/mol. The molecule has 6 heteroatoms. The van der Waals surface area contributed by atoms with Crippen LogP contribution in [0.5, 0.6) is 0 Å². The van der Waals surface area contributed by atoms with Gasteiger partial charge in [0.15, 0.2) is 0 Å². The van der Waals surface area contributed by atoms with E-state index >= 15 is 0 Å². The summed E-state index contributed by atoms with van der Waals surface area (Å²) in [5.41, 5.74) is 9.08. The predicted octanol–water partition coefficient (Wildman–Crippen LogP) is 4.82. The molecule has 0 saturated carbocycles. The molecule has 0 radical (unpaired) electrons. The summed E-state index contributed by atoms with van der Waals surface area (Å²) < 4.78 is 0. The Morgan fingerprint density at radius 2 is 1.54 bits per heavy atom. The van der Waals surface area contributed by atoms with Gasteiger partial charge >= 0.3 is 17.1 Å². The van der Waals surface area contributed by atoms with Crippen LogP contribution in [0.25, 0.3) is 10.6 Å². The van der Waals surface area contributed by atoms with Crippen molar-refractivity contribution in [2.24, 2.45) is 0 Å². The molecule has 26 heavy (non-hydrogen) atoms. The monoisotopic (exact) mass is 404 g/mol. The fourth-order valence-corrected chi connectivity index (χ4v) is 1.40. The maximum atomic E-state index is 9.16. The maximum absolute atomic E-state index is 9.16. The van der Waals surface area contributed by atoms with Gasteiger partial charge in [-0.3, -0.25) is 0 Å². The zero-order valence-electron chi connectivity index (χ0n) is 16.1. The number of aliphatic hydroxyl groups is 2. The van der Waals surface area contributed by atoms with Crippen molar-refractivity contribution in [2.75, 3.05) is 26.2 Å². The largest absolute Gasteiger partial charge is 2.00 e. The average molecular weight is 404 g/mol. The molecule has 4 N–H and O–H groups in total. The van der Waals surface area contributed by atoms with Gasteiger partial charge in [0.25, 0.3) is 0 Å². The summed E-state index contributed by atoms with van der Waals surface area (Å²) in [5.74, 6) is 0.289. The molecular weight excluding hydrogens is 372 g/mol. The SMILES string of the molecule is C=C=C=C(C[N-]CCC)C(=C)O.C=C=CC(C[N-]CCC)=C(C)O.O.[Fe+2]. The topological polar surface area (TPSA) is 100 Å². The van der Waals surface area contributed by atoms with Crippen molar-refractivity contribution in [3.05, 3.63) is 76.3 Å². The van der Waals surface area contributed by atoms with Crippen LogP contribution in [0, 0.1) is 0 Å². The first-order valence-electron chi connectivity index (χ1n) is 7.97. The van der Waals surface area contributed by atoms with Crippen LogP contribution in [0.3, 0.4) is 0 Å². The standard InChI is InChI=1S/C10H16NO.C10H14NO.Fe.H2O/c2*1-4-6-10(9(3)12)8-11-7-5-2;;/h6,12H,1,5,7-8H2,2-3H3;12H,1,3,5,7-8H2,2H3;;1H2/q2*-1;+2;. The van der Waals surface area contributed by atoms with Crippen molar-refractivity contribution in [1.82, 2.24) is 0 Å². The third-order valence-electron chi connectivity index (χ3n) is 2.64. The van der Waals surface area contributed by atoms with Gasteiger partial charge in [-0.2, -0.15) is 0 Å². The van der Waals surface area contributed by atoms with E-state index in [0.717, 1.165) is 31.5 Å². The maximum Gasteiger partial charge on any atom is 2.00 e. The molecule has 0 unspecified atom stereocenters. The van der Waals surface area contributed by atoms with Crippen LogP contribution in [0.2, 0.25) is 0 Å². The van der Waals surface area contributed by atoms with Gasteiger partial charge in [0.1, 0.15) is 5.76 Å². The molecule has 0 fully saturated rings. The fourth-order valence-electron chi connectivity index (χ4n) is 1.40. The van der Waals surface area contributed by atoms with Crippen LogP contribution >= 0.6 is 0 Å². The van der Waals surface area contributed by atoms with Crippen LogP contribution in [0.15, 0.2) is 65.7 Å². The Kier molecular flexibility index (Phi) is 28.7. The van der Waals surface area contributed by atoms with E-state index in [0.29, 0.717) is 24.4 Å². The number of rotatable bonds is 10.